The molecule has 3 aromatic rings. The molecule has 0 amide bonds. The normalized spacial score (nSPS) is 12.3. The van der Waals surface area contributed by atoms with Crippen LogP contribution < -0.4 is 25.5 Å². The molecule has 0 bridgehead atoms. The molecule has 134 valence electrons. The summed E-state index contributed by atoms with van der Waals surface area (Å²) in [4.78, 5) is 18.2. The van der Waals surface area contributed by atoms with Gasteiger partial charge in [-0.2, -0.15) is 0 Å². The fourth-order valence-electron chi connectivity index (χ4n) is 2.68. The number of fused-ring (bicyclic) bond motifs is 1. The van der Waals surface area contributed by atoms with Gasteiger partial charge in [-0.1, -0.05) is 5.21 Å². The highest BCUT2D eigenvalue weighted by atomic mass is 16.7. The van der Waals surface area contributed by atoms with Crippen LogP contribution in [0.15, 0.2) is 29.2 Å². The maximum absolute atomic E-state index is 11.4. The number of rotatable bonds is 5. The zero-order valence-electron chi connectivity index (χ0n) is 13.9. The van der Waals surface area contributed by atoms with Crippen LogP contribution in [0, 0.1) is 0 Å². The summed E-state index contributed by atoms with van der Waals surface area (Å²) in [7, 11) is 1.57. The Bertz CT molecular complexity index is 1010. The van der Waals surface area contributed by atoms with Crippen molar-refractivity contribution in [3.63, 3.8) is 0 Å². The van der Waals surface area contributed by atoms with E-state index in [9.17, 15) is 4.79 Å². The summed E-state index contributed by atoms with van der Waals surface area (Å²) in [6, 6.07) is 4.89. The van der Waals surface area contributed by atoms with Crippen LogP contribution in [0.25, 0.3) is 11.3 Å². The van der Waals surface area contributed by atoms with Gasteiger partial charge in [-0.25, -0.2) is 4.98 Å². The fraction of sp³-hybridized carbons (Fsp3) is 0.250. The number of H-pyrrole nitrogens is 1. The molecule has 0 fully saturated rings. The van der Waals surface area contributed by atoms with Crippen molar-refractivity contribution in [1.82, 2.24) is 25.0 Å². The van der Waals surface area contributed by atoms with Gasteiger partial charge in [0.05, 0.1) is 13.3 Å². The van der Waals surface area contributed by atoms with Crippen molar-refractivity contribution in [3.05, 3.63) is 40.6 Å². The Labute approximate surface area is 147 Å². The first-order chi connectivity index (χ1) is 12.6. The standard InChI is InChI=1S/C16H16N6O4/c1-24-11-4-9(5-12-16(11)26-8-25-12)10-7-22(21-20-10)3-2-14-18-13(17)6-15(23)19-14/h4-7H,2-3,8H2,1H3,(H3,17,18,19,23). The molecule has 3 N–H and O–H groups in total. The largest absolute Gasteiger partial charge is 0.493 e. The second kappa shape index (κ2) is 6.39. The van der Waals surface area contributed by atoms with Crippen LogP contribution in [0.1, 0.15) is 5.82 Å². The van der Waals surface area contributed by atoms with Crippen LogP contribution in [0.4, 0.5) is 5.82 Å². The second-order valence-corrected chi connectivity index (χ2v) is 5.65. The van der Waals surface area contributed by atoms with Gasteiger partial charge in [0.25, 0.3) is 5.56 Å². The Morgan fingerprint density at radius 2 is 2.23 bits per heavy atom. The maximum Gasteiger partial charge on any atom is 0.252 e. The van der Waals surface area contributed by atoms with Crippen LogP contribution in [0.5, 0.6) is 17.2 Å². The van der Waals surface area contributed by atoms with E-state index in [4.69, 9.17) is 19.9 Å². The number of aryl methyl sites for hydroxylation is 2. The summed E-state index contributed by atoms with van der Waals surface area (Å²) in [5, 5.41) is 8.28. The van der Waals surface area contributed by atoms with Crippen LogP contribution >= 0.6 is 0 Å². The van der Waals surface area contributed by atoms with Crippen molar-refractivity contribution >= 4 is 5.82 Å². The molecule has 1 aliphatic rings. The van der Waals surface area contributed by atoms with E-state index in [0.29, 0.717) is 41.7 Å². The number of nitrogens with two attached hydrogens (primary N) is 1. The van der Waals surface area contributed by atoms with Gasteiger partial charge < -0.3 is 24.9 Å². The first kappa shape index (κ1) is 15.9. The lowest BCUT2D eigenvalue weighted by atomic mass is 10.1. The van der Waals surface area contributed by atoms with Gasteiger partial charge in [0.2, 0.25) is 12.5 Å². The van der Waals surface area contributed by atoms with Crippen LogP contribution in [0.3, 0.4) is 0 Å². The molecule has 4 rings (SSSR count). The Balaban J connectivity index is 1.54. The summed E-state index contributed by atoms with van der Waals surface area (Å²) in [6.45, 7) is 0.647. The smallest absolute Gasteiger partial charge is 0.252 e. The zero-order valence-corrected chi connectivity index (χ0v) is 13.9. The highest BCUT2D eigenvalue weighted by Gasteiger charge is 2.21. The molecule has 0 atom stereocenters. The Kier molecular flexibility index (Phi) is 3.92. The number of anilines is 1. The molecule has 0 unspecified atom stereocenters. The number of nitrogen functional groups attached to an aromatic ring is 1. The van der Waals surface area contributed by atoms with E-state index < -0.39 is 0 Å². The first-order valence-corrected chi connectivity index (χ1v) is 7.86. The number of ether oxygens (including phenoxy) is 3. The Hall–Kier alpha value is -3.56. The topological polar surface area (TPSA) is 130 Å². The van der Waals surface area contributed by atoms with Crippen molar-refractivity contribution in [2.75, 3.05) is 19.6 Å². The van der Waals surface area contributed by atoms with E-state index >= 15 is 0 Å². The number of aromatic amines is 1. The molecule has 0 aliphatic carbocycles. The molecule has 0 spiro atoms. The third-order valence-corrected chi connectivity index (χ3v) is 3.88. The summed E-state index contributed by atoms with van der Waals surface area (Å²) in [5.41, 5.74) is 6.76. The maximum atomic E-state index is 11.4. The number of aromatic nitrogens is 5. The van der Waals surface area contributed by atoms with E-state index in [1.54, 1.807) is 18.0 Å². The highest BCUT2D eigenvalue weighted by molar-refractivity contribution is 5.68. The molecule has 0 saturated carbocycles. The molecular weight excluding hydrogens is 340 g/mol. The second-order valence-electron chi connectivity index (χ2n) is 5.65. The van der Waals surface area contributed by atoms with Crippen LogP contribution in [-0.4, -0.2) is 38.9 Å². The lowest BCUT2D eigenvalue weighted by Gasteiger charge is -2.06. The minimum absolute atomic E-state index is 0.160. The SMILES string of the molecule is COc1cc(-c2cn(CCc3nc(N)cc(=O)[nH]3)nn2)cc2c1OCO2. The summed E-state index contributed by atoms with van der Waals surface area (Å²) in [5.74, 6) is 2.45. The molecule has 3 heterocycles. The number of hydrogen-bond acceptors (Lipinski definition) is 8. The molecule has 0 radical (unpaired) electrons. The fourth-order valence-corrected chi connectivity index (χ4v) is 2.68. The average molecular weight is 356 g/mol. The third-order valence-electron chi connectivity index (χ3n) is 3.88. The van der Waals surface area contributed by atoms with Crippen molar-refractivity contribution in [1.29, 1.82) is 0 Å². The molecule has 10 nitrogen and oxygen atoms in total. The average Bonchev–Trinajstić information content (AvgIpc) is 3.27. The third kappa shape index (κ3) is 3.04. The summed E-state index contributed by atoms with van der Waals surface area (Å²) < 4.78 is 17.8. The zero-order chi connectivity index (χ0) is 18.1. The molecule has 1 aromatic carbocycles. The monoisotopic (exact) mass is 356 g/mol. The minimum atomic E-state index is -0.278. The molecule has 2 aromatic heterocycles. The molecule has 26 heavy (non-hydrogen) atoms. The number of benzene rings is 1. The van der Waals surface area contributed by atoms with E-state index in [1.165, 1.54) is 6.07 Å². The van der Waals surface area contributed by atoms with Crippen molar-refractivity contribution in [3.8, 4) is 28.5 Å². The lowest BCUT2D eigenvalue weighted by Crippen LogP contribution is -2.14. The van der Waals surface area contributed by atoms with Gasteiger partial charge in [-0.15, -0.1) is 5.10 Å². The molecular formula is C16H16N6O4. The van der Waals surface area contributed by atoms with E-state index in [1.807, 2.05) is 12.1 Å². The van der Waals surface area contributed by atoms with Crippen LogP contribution in [0.2, 0.25) is 0 Å². The predicted molar refractivity (Wildman–Crippen MR) is 91.1 cm³/mol. The number of nitrogens with one attached hydrogen (secondary N) is 1. The van der Waals surface area contributed by atoms with Gasteiger partial charge in [-0.05, 0) is 12.1 Å². The van der Waals surface area contributed by atoms with Gasteiger partial charge in [0, 0.05) is 24.6 Å². The highest BCUT2D eigenvalue weighted by Crippen LogP contribution is 2.43. The predicted octanol–water partition coefficient (Wildman–Crippen LogP) is 0.591. The number of nitrogens with zero attached hydrogens (tertiary/aromatic N) is 4. The Morgan fingerprint density at radius 3 is 3.04 bits per heavy atom. The van der Waals surface area contributed by atoms with E-state index in [-0.39, 0.29) is 18.2 Å². The van der Waals surface area contributed by atoms with Crippen molar-refractivity contribution in [2.45, 2.75) is 13.0 Å². The van der Waals surface area contributed by atoms with Crippen molar-refractivity contribution in [2.24, 2.45) is 0 Å². The summed E-state index contributed by atoms with van der Waals surface area (Å²) >= 11 is 0. The Morgan fingerprint density at radius 1 is 1.35 bits per heavy atom. The minimum Gasteiger partial charge on any atom is -0.493 e. The van der Waals surface area contributed by atoms with Crippen molar-refractivity contribution < 1.29 is 14.2 Å². The quantitative estimate of drug-likeness (QED) is 0.679. The van der Waals surface area contributed by atoms with Gasteiger partial charge in [0.1, 0.15) is 17.3 Å². The van der Waals surface area contributed by atoms with E-state index in [0.717, 1.165) is 5.56 Å². The number of hydrogen-bond donors (Lipinski definition) is 2. The van der Waals surface area contributed by atoms with Crippen LogP contribution in [-0.2, 0) is 13.0 Å². The van der Waals surface area contributed by atoms with Gasteiger partial charge >= 0.3 is 0 Å². The number of methoxy groups -OCH3 is 1. The van der Waals surface area contributed by atoms with Gasteiger partial charge in [0.15, 0.2) is 11.5 Å². The summed E-state index contributed by atoms with van der Waals surface area (Å²) in [6.07, 6.45) is 2.26. The molecule has 10 heteroatoms. The lowest BCUT2D eigenvalue weighted by molar-refractivity contribution is 0.171. The molecule has 0 saturated heterocycles. The van der Waals surface area contributed by atoms with E-state index in [2.05, 4.69) is 20.3 Å². The molecule has 1 aliphatic heterocycles. The van der Waals surface area contributed by atoms with Gasteiger partial charge in [-0.3, -0.25) is 9.48 Å². The first-order valence-electron chi connectivity index (χ1n) is 7.86.